The Hall–Kier alpha value is -1.02. The van der Waals surface area contributed by atoms with Gasteiger partial charge < -0.3 is 9.84 Å². The van der Waals surface area contributed by atoms with Crippen molar-refractivity contribution < 1.29 is 9.84 Å². The van der Waals surface area contributed by atoms with Gasteiger partial charge in [0.15, 0.2) is 0 Å². The third-order valence-corrected chi connectivity index (χ3v) is 3.65. The first-order chi connectivity index (χ1) is 8.27. The Morgan fingerprint density at radius 1 is 1.22 bits per heavy atom. The van der Waals surface area contributed by atoms with Crippen molar-refractivity contribution in [1.82, 2.24) is 0 Å². The van der Waals surface area contributed by atoms with Crippen molar-refractivity contribution in [1.29, 1.82) is 0 Å². The summed E-state index contributed by atoms with van der Waals surface area (Å²) >= 11 is 0. The summed E-state index contributed by atoms with van der Waals surface area (Å²) in [5, 5.41) is 10.1. The van der Waals surface area contributed by atoms with Crippen LogP contribution < -0.4 is 4.74 Å². The molecule has 2 nitrogen and oxygen atoms in total. The summed E-state index contributed by atoms with van der Waals surface area (Å²) in [5.74, 6) is 0.969. The summed E-state index contributed by atoms with van der Waals surface area (Å²) in [6.07, 6.45) is 1.33. The predicted octanol–water partition coefficient (Wildman–Crippen LogP) is 3.65. The van der Waals surface area contributed by atoms with Gasteiger partial charge in [0.2, 0.25) is 0 Å². The molecule has 0 aliphatic heterocycles. The van der Waals surface area contributed by atoms with E-state index in [1.165, 1.54) is 16.7 Å². The summed E-state index contributed by atoms with van der Waals surface area (Å²) in [7, 11) is 1.71. The van der Waals surface area contributed by atoms with Gasteiger partial charge in [0.25, 0.3) is 0 Å². The quantitative estimate of drug-likeness (QED) is 0.884. The lowest BCUT2D eigenvalue weighted by atomic mass is 9.85. The van der Waals surface area contributed by atoms with Gasteiger partial charge in [-0.1, -0.05) is 32.9 Å². The largest absolute Gasteiger partial charge is 0.496 e. The zero-order valence-electron chi connectivity index (χ0n) is 12.5. The number of hydrogen-bond donors (Lipinski definition) is 1. The van der Waals surface area contributed by atoms with Crippen molar-refractivity contribution in [2.45, 2.75) is 53.6 Å². The number of benzene rings is 1. The van der Waals surface area contributed by atoms with E-state index in [0.29, 0.717) is 0 Å². The van der Waals surface area contributed by atoms with Crippen LogP contribution in [0.3, 0.4) is 0 Å². The summed E-state index contributed by atoms with van der Waals surface area (Å²) < 4.78 is 5.49. The number of aliphatic hydroxyl groups excluding tert-OH is 1. The molecule has 0 bridgehead atoms. The minimum atomic E-state index is -0.288. The van der Waals surface area contributed by atoms with Crippen molar-refractivity contribution in [2.24, 2.45) is 5.41 Å². The first-order valence-electron chi connectivity index (χ1n) is 6.58. The van der Waals surface area contributed by atoms with Crippen LogP contribution in [0.1, 0.15) is 43.9 Å². The van der Waals surface area contributed by atoms with Crippen molar-refractivity contribution in [3.8, 4) is 5.75 Å². The Bertz CT molecular complexity index is 402. The number of hydrogen-bond acceptors (Lipinski definition) is 2. The highest BCUT2D eigenvalue weighted by atomic mass is 16.5. The second-order valence-electron chi connectivity index (χ2n) is 6.12. The zero-order valence-corrected chi connectivity index (χ0v) is 12.5. The molecule has 0 amide bonds. The Morgan fingerprint density at radius 2 is 1.83 bits per heavy atom. The van der Waals surface area contributed by atoms with Gasteiger partial charge in [-0.05, 0) is 48.8 Å². The lowest BCUT2D eigenvalue weighted by Gasteiger charge is -2.26. The van der Waals surface area contributed by atoms with E-state index in [2.05, 4.69) is 46.8 Å². The van der Waals surface area contributed by atoms with E-state index in [1.807, 2.05) is 0 Å². The van der Waals surface area contributed by atoms with Gasteiger partial charge in [-0.15, -0.1) is 0 Å². The molecule has 1 unspecified atom stereocenters. The molecule has 1 aromatic rings. The molecule has 1 N–H and O–H groups in total. The van der Waals surface area contributed by atoms with E-state index in [0.717, 1.165) is 18.6 Å². The molecule has 0 radical (unpaired) electrons. The SMILES string of the molecule is COc1c(CCC(O)C(C)(C)C)ccc(C)c1C. The first kappa shape index (κ1) is 15.0. The van der Waals surface area contributed by atoms with Crippen LogP contribution in [0.25, 0.3) is 0 Å². The van der Waals surface area contributed by atoms with Crippen molar-refractivity contribution in [3.05, 3.63) is 28.8 Å². The monoisotopic (exact) mass is 250 g/mol. The van der Waals surface area contributed by atoms with Crippen LogP contribution in [0, 0.1) is 19.3 Å². The van der Waals surface area contributed by atoms with E-state index in [1.54, 1.807) is 7.11 Å². The molecule has 0 aromatic heterocycles. The van der Waals surface area contributed by atoms with Gasteiger partial charge >= 0.3 is 0 Å². The second kappa shape index (κ2) is 5.75. The molecule has 0 aliphatic rings. The highest BCUT2D eigenvalue weighted by Crippen LogP contribution is 2.29. The van der Waals surface area contributed by atoms with E-state index >= 15 is 0 Å². The van der Waals surface area contributed by atoms with E-state index < -0.39 is 0 Å². The van der Waals surface area contributed by atoms with Gasteiger partial charge in [0.1, 0.15) is 5.75 Å². The fourth-order valence-electron chi connectivity index (χ4n) is 2.05. The molecule has 0 spiro atoms. The Morgan fingerprint density at radius 3 is 2.33 bits per heavy atom. The van der Waals surface area contributed by atoms with E-state index in [4.69, 9.17) is 4.74 Å². The highest BCUT2D eigenvalue weighted by molar-refractivity contribution is 5.45. The maximum Gasteiger partial charge on any atom is 0.125 e. The van der Waals surface area contributed by atoms with Crippen LogP contribution in [0.5, 0.6) is 5.75 Å². The highest BCUT2D eigenvalue weighted by Gasteiger charge is 2.22. The molecule has 18 heavy (non-hydrogen) atoms. The Labute approximate surface area is 111 Å². The minimum Gasteiger partial charge on any atom is -0.496 e. The maximum absolute atomic E-state index is 10.1. The van der Waals surface area contributed by atoms with Gasteiger partial charge in [-0.2, -0.15) is 0 Å². The average molecular weight is 250 g/mol. The maximum atomic E-state index is 10.1. The standard InChI is InChI=1S/C16H26O2/c1-11-7-8-13(15(18-6)12(11)2)9-10-14(17)16(3,4)5/h7-8,14,17H,9-10H2,1-6H3. The number of aryl methyl sites for hydroxylation is 2. The number of methoxy groups -OCH3 is 1. The number of ether oxygens (including phenoxy) is 1. The van der Waals surface area contributed by atoms with Crippen LogP contribution in [0.2, 0.25) is 0 Å². The third kappa shape index (κ3) is 3.49. The van der Waals surface area contributed by atoms with Gasteiger partial charge in [0, 0.05) is 0 Å². The molecule has 0 aliphatic carbocycles. The number of rotatable bonds is 4. The smallest absolute Gasteiger partial charge is 0.125 e. The fraction of sp³-hybridized carbons (Fsp3) is 0.625. The molecule has 0 saturated carbocycles. The summed E-state index contributed by atoms with van der Waals surface area (Å²) in [6, 6.07) is 4.23. The molecule has 0 saturated heterocycles. The van der Waals surface area contributed by atoms with Gasteiger partial charge in [0.05, 0.1) is 13.2 Å². The topological polar surface area (TPSA) is 29.5 Å². The normalized spacial score (nSPS) is 13.5. The predicted molar refractivity (Wildman–Crippen MR) is 76.3 cm³/mol. The average Bonchev–Trinajstić information content (AvgIpc) is 2.29. The van der Waals surface area contributed by atoms with E-state index in [-0.39, 0.29) is 11.5 Å². The summed E-state index contributed by atoms with van der Waals surface area (Å²) in [4.78, 5) is 0. The van der Waals surface area contributed by atoms with Crippen LogP contribution in [0.15, 0.2) is 12.1 Å². The second-order valence-corrected chi connectivity index (χ2v) is 6.12. The zero-order chi connectivity index (χ0) is 13.9. The molecular formula is C16H26O2. The molecule has 1 rings (SSSR count). The van der Waals surface area contributed by atoms with Crippen LogP contribution in [0.4, 0.5) is 0 Å². The molecule has 1 atom stereocenters. The molecule has 0 fully saturated rings. The van der Waals surface area contributed by atoms with Crippen molar-refractivity contribution in [2.75, 3.05) is 7.11 Å². The lowest BCUT2D eigenvalue weighted by molar-refractivity contribution is 0.0559. The third-order valence-electron chi connectivity index (χ3n) is 3.65. The Kier molecular flexibility index (Phi) is 4.80. The first-order valence-corrected chi connectivity index (χ1v) is 6.58. The van der Waals surface area contributed by atoms with E-state index in [9.17, 15) is 5.11 Å². The lowest BCUT2D eigenvalue weighted by Crippen LogP contribution is -2.26. The van der Waals surface area contributed by atoms with Crippen LogP contribution in [-0.4, -0.2) is 18.3 Å². The van der Waals surface area contributed by atoms with Gasteiger partial charge in [-0.25, -0.2) is 0 Å². The fourth-order valence-corrected chi connectivity index (χ4v) is 2.05. The molecule has 102 valence electrons. The minimum absolute atomic E-state index is 0.0625. The van der Waals surface area contributed by atoms with Crippen LogP contribution in [-0.2, 0) is 6.42 Å². The Balaban J connectivity index is 2.83. The van der Waals surface area contributed by atoms with Crippen molar-refractivity contribution >= 4 is 0 Å². The molecule has 1 aromatic carbocycles. The molecular weight excluding hydrogens is 224 g/mol. The summed E-state index contributed by atoms with van der Waals surface area (Å²) in [5.41, 5.74) is 3.56. The van der Waals surface area contributed by atoms with Crippen molar-refractivity contribution in [3.63, 3.8) is 0 Å². The number of aliphatic hydroxyl groups is 1. The van der Waals surface area contributed by atoms with Crippen LogP contribution >= 0.6 is 0 Å². The van der Waals surface area contributed by atoms with Gasteiger partial charge in [-0.3, -0.25) is 0 Å². The molecule has 0 heterocycles. The molecule has 2 heteroatoms. The summed E-state index contributed by atoms with van der Waals surface area (Å²) in [6.45, 7) is 10.4.